The maximum Gasteiger partial charge on any atom is 0.308 e. The highest BCUT2D eigenvalue weighted by atomic mass is 35.5. The van der Waals surface area contributed by atoms with Gasteiger partial charge in [-0.15, -0.1) is 0 Å². The van der Waals surface area contributed by atoms with E-state index in [9.17, 15) is 19.2 Å². The largest absolute Gasteiger partial charge is 0.452 e. The Kier molecular flexibility index (Phi) is 6.14. The molecule has 0 radical (unpaired) electrons. The molecule has 1 heterocycles. The summed E-state index contributed by atoms with van der Waals surface area (Å²) in [5.74, 6) is -2.25. The van der Waals surface area contributed by atoms with Gasteiger partial charge in [-0.25, -0.2) is 0 Å². The number of likely N-dealkylation sites (tertiary alicyclic amines) is 1. The molecule has 0 spiro atoms. The van der Waals surface area contributed by atoms with E-state index in [-0.39, 0.29) is 36.6 Å². The van der Waals surface area contributed by atoms with Crippen LogP contribution in [0.15, 0.2) is 36.4 Å². The number of halogens is 1. The van der Waals surface area contributed by atoms with Crippen LogP contribution in [0.2, 0.25) is 5.02 Å². The Bertz CT molecular complexity index is 794. The molecular formula is C20H21ClN2O5. The van der Waals surface area contributed by atoms with Crippen molar-refractivity contribution in [2.75, 3.05) is 11.9 Å². The summed E-state index contributed by atoms with van der Waals surface area (Å²) in [6, 6.07) is 6.53. The lowest BCUT2D eigenvalue weighted by molar-refractivity contribution is -0.154. The third-order valence-electron chi connectivity index (χ3n) is 4.93. The van der Waals surface area contributed by atoms with E-state index in [0.717, 1.165) is 4.90 Å². The van der Waals surface area contributed by atoms with Crippen LogP contribution in [0.25, 0.3) is 0 Å². The van der Waals surface area contributed by atoms with Crippen LogP contribution in [0.1, 0.15) is 26.2 Å². The number of nitrogens with zero attached hydrogens (tertiary/aromatic N) is 1. The fraction of sp³-hybridized carbons (Fsp3) is 0.400. The second-order valence-corrected chi connectivity index (χ2v) is 7.30. The van der Waals surface area contributed by atoms with E-state index in [4.69, 9.17) is 16.3 Å². The zero-order chi connectivity index (χ0) is 20.3. The van der Waals surface area contributed by atoms with E-state index in [2.05, 4.69) is 5.32 Å². The SMILES string of the molecule is C[C@@H](OC(=O)CCN1C(=O)[C@H]2CC=CC[C@@H]2C1=O)C(=O)Nc1ccc(Cl)cc1. The molecule has 2 aliphatic rings. The van der Waals surface area contributed by atoms with Crippen molar-refractivity contribution >= 4 is 41.0 Å². The summed E-state index contributed by atoms with van der Waals surface area (Å²) in [5.41, 5.74) is 0.529. The zero-order valence-corrected chi connectivity index (χ0v) is 16.1. The summed E-state index contributed by atoms with van der Waals surface area (Å²) in [6.45, 7) is 1.42. The molecule has 0 aromatic heterocycles. The number of rotatable bonds is 6. The summed E-state index contributed by atoms with van der Waals surface area (Å²) in [4.78, 5) is 50.1. The second-order valence-electron chi connectivity index (χ2n) is 6.86. The number of imide groups is 1. The summed E-state index contributed by atoms with van der Waals surface area (Å²) >= 11 is 5.79. The molecule has 1 aliphatic carbocycles. The van der Waals surface area contributed by atoms with Crippen LogP contribution in [0.4, 0.5) is 5.69 Å². The predicted octanol–water partition coefficient (Wildman–Crippen LogP) is 2.55. The number of esters is 1. The molecule has 28 heavy (non-hydrogen) atoms. The maximum atomic E-state index is 12.4. The molecule has 3 amide bonds. The number of nitrogens with one attached hydrogen (secondary N) is 1. The van der Waals surface area contributed by atoms with Crippen molar-refractivity contribution in [2.45, 2.75) is 32.3 Å². The normalized spacial score (nSPS) is 22.0. The first kappa shape index (κ1) is 20.1. The van der Waals surface area contributed by atoms with Gasteiger partial charge in [0.2, 0.25) is 11.8 Å². The highest BCUT2D eigenvalue weighted by Gasteiger charge is 2.47. The average molecular weight is 405 g/mol. The number of ether oxygens (including phenoxy) is 1. The molecule has 3 atom stereocenters. The van der Waals surface area contributed by atoms with Gasteiger partial charge in [0.15, 0.2) is 6.10 Å². The van der Waals surface area contributed by atoms with Crippen molar-refractivity contribution in [3.8, 4) is 0 Å². The standard InChI is InChI=1S/C20H21ClN2O5/c1-12(18(25)22-14-8-6-13(21)7-9-14)28-17(24)10-11-23-19(26)15-4-2-3-5-16(15)20(23)27/h2-3,6-9,12,15-16H,4-5,10-11H2,1H3,(H,22,25)/t12-,15+,16+/m1/s1. The Morgan fingerprint density at radius 1 is 1.14 bits per heavy atom. The number of benzene rings is 1. The number of anilines is 1. The number of carbonyl (C=O) groups is 4. The minimum atomic E-state index is -1.01. The first-order valence-corrected chi connectivity index (χ1v) is 9.50. The minimum absolute atomic E-state index is 0.0327. The van der Waals surface area contributed by atoms with Gasteiger partial charge >= 0.3 is 5.97 Å². The second kappa shape index (κ2) is 8.56. The fourth-order valence-corrected chi connectivity index (χ4v) is 3.51. The van der Waals surface area contributed by atoms with Crippen LogP contribution < -0.4 is 5.32 Å². The molecule has 0 saturated carbocycles. The number of hydrogen-bond acceptors (Lipinski definition) is 5. The molecule has 1 saturated heterocycles. The van der Waals surface area contributed by atoms with Crippen LogP contribution in [-0.4, -0.2) is 41.2 Å². The molecule has 0 unspecified atom stereocenters. The molecule has 1 aromatic rings. The molecule has 8 heteroatoms. The van der Waals surface area contributed by atoms with Gasteiger partial charge in [-0.2, -0.15) is 0 Å². The Balaban J connectivity index is 1.47. The van der Waals surface area contributed by atoms with Gasteiger partial charge in [-0.3, -0.25) is 24.1 Å². The first-order chi connectivity index (χ1) is 13.4. The summed E-state index contributed by atoms with van der Waals surface area (Å²) in [5, 5.41) is 3.16. The molecule has 7 nitrogen and oxygen atoms in total. The van der Waals surface area contributed by atoms with Gasteiger partial charge in [0.1, 0.15) is 0 Å². The third kappa shape index (κ3) is 4.42. The van der Waals surface area contributed by atoms with Crippen LogP contribution >= 0.6 is 11.6 Å². The van der Waals surface area contributed by atoms with E-state index >= 15 is 0 Å². The maximum absolute atomic E-state index is 12.4. The van der Waals surface area contributed by atoms with E-state index in [0.29, 0.717) is 23.6 Å². The minimum Gasteiger partial charge on any atom is -0.452 e. The molecule has 148 valence electrons. The smallest absolute Gasteiger partial charge is 0.308 e. The lowest BCUT2D eigenvalue weighted by Crippen LogP contribution is -2.35. The van der Waals surface area contributed by atoms with E-state index < -0.39 is 18.0 Å². The molecule has 3 rings (SSSR count). The molecule has 1 N–H and O–H groups in total. The van der Waals surface area contributed by atoms with Crippen molar-refractivity contribution in [1.82, 2.24) is 4.90 Å². The Morgan fingerprint density at radius 2 is 1.71 bits per heavy atom. The fourth-order valence-electron chi connectivity index (χ4n) is 3.38. The number of fused-ring (bicyclic) bond motifs is 1. The Hall–Kier alpha value is -2.67. The third-order valence-corrected chi connectivity index (χ3v) is 5.18. The quantitative estimate of drug-likeness (QED) is 0.447. The number of amides is 3. The Morgan fingerprint density at radius 3 is 2.29 bits per heavy atom. The zero-order valence-electron chi connectivity index (χ0n) is 15.4. The topological polar surface area (TPSA) is 92.8 Å². The van der Waals surface area contributed by atoms with Crippen molar-refractivity contribution in [3.63, 3.8) is 0 Å². The van der Waals surface area contributed by atoms with E-state index in [1.54, 1.807) is 24.3 Å². The lowest BCUT2D eigenvalue weighted by atomic mass is 9.85. The van der Waals surface area contributed by atoms with Crippen LogP contribution in [0.3, 0.4) is 0 Å². The highest BCUT2D eigenvalue weighted by Crippen LogP contribution is 2.35. The highest BCUT2D eigenvalue weighted by molar-refractivity contribution is 6.30. The molecule has 1 aromatic carbocycles. The molecule has 1 aliphatic heterocycles. The lowest BCUT2D eigenvalue weighted by Gasteiger charge is -2.16. The van der Waals surface area contributed by atoms with Crippen molar-refractivity contribution in [2.24, 2.45) is 11.8 Å². The molecule has 1 fully saturated rings. The summed E-state index contributed by atoms with van der Waals surface area (Å²) in [6.07, 6.45) is 3.76. The van der Waals surface area contributed by atoms with E-state index in [1.165, 1.54) is 6.92 Å². The van der Waals surface area contributed by atoms with Crippen molar-refractivity contribution in [3.05, 3.63) is 41.4 Å². The van der Waals surface area contributed by atoms with Crippen LogP contribution in [0.5, 0.6) is 0 Å². The predicted molar refractivity (Wildman–Crippen MR) is 102 cm³/mol. The van der Waals surface area contributed by atoms with Crippen LogP contribution in [-0.2, 0) is 23.9 Å². The molecular weight excluding hydrogens is 384 g/mol. The van der Waals surface area contributed by atoms with Crippen molar-refractivity contribution in [1.29, 1.82) is 0 Å². The van der Waals surface area contributed by atoms with Gasteiger partial charge in [0.05, 0.1) is 18.3 Å². The Labute approximate surface area is 167 Å². The monoisotopic (exact) mass is 404 g/mol. The van der Waals surface area contributed by atoms with Gasteiger partial charge in [0, 0.05) is 17.3 Å². The van der Waals surface area contributed by atoms with E-state index in [1.807, 2.05) is 12.2 Å². The van der Waals surface area contributed by atoms with Gasteiger partial charge in [0.25, 0.3) is 5.91 Å². The molecule has 0 bridgehead atoms. The summed E-state index contributed by atoms with van der Waals surface area (Å²) < 4.78 is 5.12. The number of hydrogen-bond donors (Lipinski definition) is 1. The van der Waals surface area contributed by atoms with Gasteiger partial charge in [-0.1, -0.05) is 23.8 Å². The van der Waals surface area contributed by atoms with Gasteiger partial charge in [-0.05, 0) is 44.0 Å². The summed E-state index contributed by atoms with van der Waals surface area (Å²) in [7, 11) is 0. The van der Waals surface area contributed by atoms with Crippen molar-refractivity contribution < 1.29 is 23.9 Å². The van der Waals surface area contributed by atoms with Gasteiger partial charge < -0.3 is 10.1 Å². The first-order valence-electron chi connectivity index (χ1n) is 9.13. The number of allylic oxidation sites excluding steroid dienone is 2. The average Bonchev–Trinajstić information content (AvgIpc) is 2.92. The number of carbonyl (C=O) groups excluding carboxylic acids is 4. The van der Waals surface area contributed by atoms with Crippen LogP contribution in [0, 0.1) is 11.8 Å².